The van der Waals surface area contributed by atoms with E-state index in [1.165, 1.54) is 12.1 Å². The molecule has 96 valence electrons. The van der Waals surface area contributed by atoms with Gasteiger partial charge in [-0.3, -0.25) is 0 Å². The Morgan fingerprint density at radius 1 is 1.50 bits per heavy atom. The van der Waals surface area contributed by atoms with Crippen LogP contribution in [0.3, 0.4) is 0 Å². The van der Waals surface area contributed by atoms with Gasteiger partial charge in [-0.05, 0) is 18.6 Å². The highest BCUT2D eigenvalue weighted by molar-refractivity contribution is 6.31. The molecular formula is C12H13ClFN3O. The summed E-state index contributed by atoms with van der Waals surface area (Å²) in [6.45, 7) is 2.00. The number of hydrogen-bond acceptors (Lipinski definition) is 4. The highest BCUT2D eigenvalue weighted by Crippen LogP contribution is 2.27. The van der Waals surface area contributed by atoms with Crippen molar-refractivity contribution in [1.29, 1.82) is 0 Å². The molecule has 6 heteroatoms. The predicted octanol–water partition coefficient (Wildman–Crippen LogP) is 2.86. The van der Waals surface area contributed by atoms with E-state index in [1.807, 2.05) is 6.92 Å². The van der Waals surface area contributed by atoms with Gasteiger partial charge in [-0.25, -0.2) is 4.39 Å². The molecule has 4 nitrogen and oxygen atoms in total. The Kier molecular flexibility index (Phi) is 3.93. The standard InChI is InChI=1S/C12H13ClFN3O/c1-2-4-9-16-12(17-18-9)11(15)10-7(13)5-3-6-8(10)14/h3,5-6,11H,2,4,15H2,1H3. The molecule has 0 spiro atoms. The van der Waals surface area contributed by atoms with E-state index in [1.54, 1.807) is 6.07 Å². The highest BCUT2D eigenvalue weighted by atomic mass is 35.5. The zero-order valence-corrected chi connectivity index (χ0v) is 10.6. The molecule has 18 heavy (non-hydrogen) atoms. The maximum atomic E-state index is 13.7. The van der Waals surface area contributed by atoms with Crippen LogP contribution >= 0.6 is 11.6 Å². The average molecular weight is 270 g/mol. The Bertz CT molecular complexity index is 524. The largest absolute Gasteiger partial charge is 0.339 e. The lowest BCUT2D eigenvalue weighted by Crippen LogP contribution is -2.16. The van der Waals surface area contributed by atoms with Crippen molar-refractivity contribution in [1.82, 2.24) is 10.1 Å². The van der Waals surface area contributed by atoms with Crippen LogP contribution in [0.4, 0.5) is 4.39 Å². The summed E-state index contributed by atoms with van der Waals surface area (Å²) in [6, 6.07) is 3.57. The van der Waals surface area contributed by atoms with Crippen molar-refractivity contribution in [3.8, 4) is 0 Å². The van der Waals surface area contributed by atoms with Crippen LogP contribution in [-0.2, 0) is 6.42 Å². The van der Waals surface area contributed by atoms with Crippen molar-refractivity contribution in [2.24, 2.45) is 5.73 Å². The van der Waals surface area contributed by atoms with Crippen molar-refractivity contribution in [3.63, 3.8) is 0 Å². The van der Waals surface area contributed by atoms with Crippen LogP contribution in [0.5, 0.6) is 0 Å². The molecule has 0 aliphatic carbocycles. The Morgan fingerprint density at radius 3 is 2.94 bits per heavy atom. The molecule has 0 bridgehead atoms. The van der Waals surface area contributed by atoms with Gasteiger partial charge in [0, 0.05) is 17.0 Å². The second kappa shape index (κ2) is 5.46. The molecule has 0 saturated carbocycles. The predicted molar refractivity (Wildman–Crippen MR) is 65.7 cm³/mol. The summed E-state index contributed by atoms with van der Waals surface area (Å²) >= 11 is 5.94. The molecule has 0 saturated heterocycles. The Balaban J connectivity index is 2.32. The lowest BCUT2D eigenvalue weighted by molar-refractivity contribution is 0.370. The minimum atomic E-state index is -0.826. The molecule has 0 radical (unpaired) electrons. The summed E-state index contributed by atoms with van der Waals surface area (Å²) in [6.07, 6.45) is 1.56. The lowest BCUT2D eigenvalue weighted by atomic mass is 10.1. The minimum Gasteiger partial charge on any atom is -0.339 e. The molecule has 0 amide bonds. The van der Waals surface area contributed by atoms with E-state index in [4.69, 9.17) is 21.9 Å². The third-order valence-electron chi connectivity index (χ3n) is 2.54. The number of hydrogen-bond donors (Lipinski definition) is 1. The fraction of sp³-hybridized carbons (Fsp3) is 0.333. The Morgan fingerprint density at radius 2 is 2.28 bits per heavy atom. The van der Waals surface area contributed by atoms with E-state index in [0.29, 0.717) is 12.3 Å². The van der Waals surface area contributed by atoms with Crippen molar-refractivity contribution in [2.75, 3.05) is 0 Å². The molecular weight excluding hydrogens is 257 g/mol. The van der Waals surface area contributed by atoms with Gasteiger partial charge in [0.05, 0.1) is 6.04 Å². The van der Waals surface area contributed by atoms with Gasteiger partial charge in [-0.15, -0.1) is 0 Å². The third-order valence-corrected chi connectivity index (χ3v) is 2.87. The molecule has 0 fully saturated rings. The summed E-state index contributed by atoms with van der Waals surface area (Å²) in [5.74, 6) is 0.262. The molecule has 1 unspecified atom stereocenters. The van der Waals surface area contributed by atoms with Gasteiger partial charge in [0.15, 0.2) is 5.82 Å². The number of halogens is 2. The zero-order valence-electron chi connectivity index (χ0n) is 9.86. The smallest absolute Gasteiger partial charge is 0.226 e. The van der Waals surface area contributed by atoms with Crippen LogP contribution in [0.15, 0.2) is 22.7 Å². The quantitative estimate of drug-likeness (QED) is 0.927. The van der Waals surface area contributed by atoms with Gasteiger partial charge in [0.25, 0.3) is 0 Å². The number of aryl methyl sites for hydroxylation is 1. The van der Waals surface area contributed by atoms with Crippen molar-refractivity contribution >= 4 is 11.6 Å². The summed E-state index contributed by atoms with van der Waals surface area (Å²) in [7, 11) is 0. The van der Waals surface area contributed by atoms with Gasteiger partial charge in [0.2, 0.25) is 5.89 Å². The normalized spacial score (nSPS) is 12.7. The summed E-state index contributed by atoms with van der Waals surface area (Å²) in [4.78, 5) is 4.13. The molecule has 1 heterocycles. The number of aromatic nitrogens is 2. The molecule has 2 aromatic rings. The van der Waals surface area contributed by atoms with Gasteiger partial charge in [-0.1, -0.05) is 29.7 Å². The first kappa shape index (κ1) is 13.0. The van der Waals surface area contributed by atoms with Crippen LogP contribution in [0.1, 0.15) is 36.7 Å². The Labute approximate surface area is 109 Å². The van der Waals surface area contributed by atoms with Crippen LogP contribution in [0, 0.1) is 5.82 Å². The molecule has 1 aromatic heterocycles. The van der Waals surface area contributed by atoms with Crippen molar-refractivity contribution < 1.29 is 8.91 Å². The summed E-state index contributed by atoms with van der Waals surface area (Å²) in [5.41, 5.74) is 6.10. The van der Waals surface area contributed by atoms with Crippen molar-refractivity contribution in [2.45, 2.75) is 25.8 Å². The fourth-order valence-corrected chi connectivity index (χ4v) is 1.93. The SMILES string of the molecule is CCCc1nc(C(N)c2c(F)cccc2Cl)no1. The third kappa shape index (κ3) is 2.52. The van der Waals surface area contributed by atoms with Gasteiger partial charge >= 0.3 is 0 Å². The molecule has 0 aliphatic rings. The average Bonchev–Trinajstić information content (AvgIpc) is 2.78. The molecule has 2 N–H and O–H groups in total. The monoisotopic (exact) mass is 269 g/mol. The maximum Gasteiger partial charge on any atom is 0.226 e. The number of nitrogens with zero attached hydrogens (tertiary/aromatic N) is 2. The van der Waals surface area contributed by atoms with E-state index >= 15 is 0 Å². The molecule has 1 atom stereocenters. The topological polar surface area (TPSA) is 64.9 Å². The molecule has 2 rings (SSSR count). The second-order valence-corrected chi connectivity index (χ2v) is 4.32. The number of rotatable bonds is 4. The van der Waals surface area contributed by atoms with Gasteiger partial charge < -0.3 is 10.3 Å². The van der Waals surface area contributed by atoms with Crippen LogP contribution in [0.25, 0.3) is 0 Å². The zero-order chi connectivity index (χ0) is 13.1. The maximum absolute atomic E-state index is 13.7. The first-order valence-electron chi connectivity index (χ1n) is 5.65. The molecule has 1 aromatic carbocycles. The van der Waals surface area contributed by atoms with Crippen LogP contribution in [0.2, 0.25) is 5.02 Å². The number of benzene rings is 1. The van der Waals surface area contributed by atoms with E-state index in [9.17, 15) is 4.39 Å². The highest BCUT2D eigenvalue weighted by Gasteiger charge is 2.21. The second-order valence-electron chi connectivity index (χ2n) is 3.91. The Hall–Kier alpha value is -1.46. The van der Waals surface area contributed by atoms with Gasteiger partial charge in [-0.2, -0.15) is 4.98 Å². The molecule has 0 aliphatic heterocycles. The van der Waals surface area contributed by atoms with E-state index < -0.39 is 11.9 Å². The number of nitrogens with two attached hydrogens (primary N) is 1. The van der Waals surface area contributed by atoms with E-state index in [-0.39, 0.29) is 16.4 Å². The first-order chi connectivity index (χ1) is 8.63. The van der Waals surface area contributed by atoms with E-state index in [0.717, 1.165) is 6.42 Å². The van der Waals surface area contributed by atoms with Crippen LogP contribution < -0.4 is 5.73 Å². The lowest BCUT2D eigenvalue weighted by Gasteiger charge is -2.10. The van der Waals surface area contributed by atoms with E-state index in [2.05, 4.69) is 10.1 Å². The summed E-state index contributed by atoms with van der Waals surface area (Å²) in [5, 5.41) is 4.01. The fourth-order valence-electron chi connectivity index (χ4n) is 1.65. The summed E-state index contributed by atoms with van der Waals surface area (Å²) < 4.78 is 18.7. The van der Waals surface area contributed by atoms with Crippen molar-refractivity contribution in [3.05, 3.63) is 46.3 Å². The van der Waals surface area contributed by atoms with Gasteiger partial charge in [0.1, 0.15) is 5.82 Å². The van der Waals surface area contributed by atoms with Crippen LogP contribution in [-0.4, -0.2) is 10.1 Å². The minimum absolute atomic E-state index is 0.183. The first-order valence-corrected chi connectivity index (χ1v) is 6.03.